The molecule has 3 aromatic rings. The molecule has 0 aliphatic heterocycles. The lowest BCUT2D eigenvalue weighted by Gasteiger charge is -2.12. The van der Waals surface area contributed by atoms with Gasteiger partial charge in [0, 0.05) is 44.9 Å². The molecule has 0 aliphatic carbocycles. The summed E-state index contributed by atoms with van der Waals surface area (Å²) in [6, 6.07) is 7.74. The highest BCUT2D eigenvalue weighted by Gasteiger charge is 2.19. The molecular weight excluding hydrogens is 375 g/mol. The normalized spacial score (nSPS) is 11.3. The van der Waals surface area contributed by atoms with Gasteiger partial charge in [0.1, 0.15) is 11.4 Å². The quantitative estimate of drug-likeness (QED) is 0.565. The Balaban J connectivity index is 2.03. The number of hydrogen-bond donors (Lipinski definition) is 0. The predicted molar refractivity (Wildman–Crippen MR) is 103 cm³/mol. The maximum Gasteiger partial charge on any atom is 0.115 e. The van der Waals surface area contributed by atoms with Crippen molar-refractivity contribution in [3.8, 4) is 0 Å². The van der Waals surface area contributed by atoms with Crippen LogP contribution >= 0.6 is 35.0 Å². The van der Waals surface area contributed by atoms with Gasteiger partial charge in [-0.1, -0.05) is 35.0 Å². The van der Waals surface area contributed by atoms with Crippen LogP contribution in [0.1, 0.15) is 36.8 Å². The van der Waals surface area contributed by atoms with E-state index in [0.29, 0.717) is 16.5 Å². The first-order valence-corrected chi connectivity index (χ1v) is 9.48. The molecule has 2 aromatic heterocycles. The van der Waals surface area contributed by atoms with Crippen LogP contribution in [0.25, 0.3) is 0 Å². The van der Waals surface area contributed by atoms with Crippen molar-refractivity contribution in [2.75, 3.05) is 0 Å². The van der Waals surface area contributed by atoms with Gasteiger partial charge in [-0.25, -0.2) is 9.97 Å². The Kier molecular flexibility index (Phi) is 5.67. The Morgan fingerprint density at radius 2 is 1.88 bits per heavy atom. The van der Waals surface area contributed by atoms with Gasteiger partial charge in [0.2, 0.25) is 0 Å². The molecule has 0 saturated heterocycles. The fourth-order valence-electron chi connectivity index (χ4n) is 2.53. The maximum absolute atomic E-state index is 6.16. The van der Waals surface area contributed by atoms with Crippen LogP contribution in [-0.2, 0) is 6.42 Å². The highest BCUT2D eigenvalue weighted by Crippen LogP contribution is 2.37. The molecule has 7 heteroatoms. The van der Waals surface area contributed by atoms with Crippen LogP contribution in [0, 0.1) is 6.92 Å². The summed E-state index contributed by atoms with van der Waals surface area (Å²) in [5, 5.41) is 7.07. The zero-order valence-electron chi connectivity index (χ0n) is 14.2. The number of nitrogens with zero attached hydrogens (tertiary/aromatic N) is 4. The third-order valence-corrected chi connectivity index (χ3v) is 5.24. The SMILES string of the molecule is Cc1nn(C(C)C)c(Sc2cc(Cl)cc(Cl)c2)c1Cc1ccncn1. The first kappa shape index (κ1) is 18.2. The minimum absolute atomic E-state index is 0.245. The van der Waals surface area contributed by atoms with Gasteiger partial charge in [-0.05, 0) is 45.0 Å². The summed E-state index contributed by atoms with van der Waals surface area (Å²) in [5.74, 6) is 0. The van der Waals surface area contributed by atoms with E-state index in [1.54, 1.807) is 30.4 Å². The van der Waals surface area contributed by atoms with Gasteiger partial charge in [-0.15, -0.1) is 0 Å². The topological polar surface area (TPSA) is 43.6 Å². The van der Waals surface area contributed by atoms with Crippen LogP contribution in [-0.4, -0.2) is 19.7 Å². The molecular formula is C18H18Cl2N4S. The van der Waals surface area contributed by atoms with Gasteiger partial charge in [0.05, 0.1) is 5.69 Å². The van der Waals surface area contributed by atoms with E-state index < -0.39 is 0 Å². The molecule has 1 aromatic carbocycles. The summed E-state index contributed by atoms with van der Waals surface area (Å²) in [5.41, 5.74) is 3.13. The van der Waals surface area contributed by atoms with Crippen LogP contribution in [0.4, 0.5) is 0 Å². The molecule has 0 spiro atoms. The first-order chi connectivity index (χ1) is 11.9. The van der Waals surface area contributed by atoms with E-state index in [4.69, 9.17) is 28.3 Å². The molecule has 2 heterocycles. The lowest BCUT2D eigenvalue weighted by Crippen LogP contribution is -2.05. The Morgan fingerprint density at radius 1 is 1.16 bits per heavy atom. The third-order valence-electron chi connectivity index (χ3n) is 3.70. The monoisotopic (exact) mass is 392 g/mol. The van der Waals surface area contributed by atoms with Gasteiger partial charge in [0.25, 0.3) is 0 Å². The molecule has 130 valence electrons. The van der Waals surface area contributed by atoms with Gasteiger partial charge in [-0.2, -0.15) is 5.10 Å². The van der Waals surface area contributed by atoms with Crippen LogP contribution in [0.2, 0.25) is 10.0 Å². The standard InChI is InChI=1S/C18H18Cl2N4S/c1-11(2)24-18(25-16-7-13(19)6-14(20)8-16)17(12(3)23-24)9-15-4-5-21-10-22-15/h4-8,10-11H,9H2,1-3H3. The highest BCUT2D eigenvalue weighted by atomic mass is 35.5. The zero-order chi connectivity index (χ0) is 18.0. The van der Waals surface area contributed by atoms with E-state index >= 15 is 0 Å². The summed E-state index contributed by atoms with van der Waals surface area (Å²) in [4.78, 5) is 9.32. The molecule has 4 nitrogen and oxygen atoms in total. The van der Waals surface area contributed by atoms with Crippen molar-refractivity contribution in [3.05, 3.63) is 63.8 Å². The van der Waals surface area contributed by atoms with E-state index in [1.165, 1.54) is 0 Å². The average Bonchev–Trinajstić information content (AvgIpc) is 2.84. The van der Waals surface area contributed by atoms with Crippen molar-refractivity contribution in [2.24, 2.45) is 0 Å². The molecule has 0 aliphatic rings. The molecule has 0 bridgehead atoms. The number of aromatic nitrogens is 4. The number of hydrogen-bond acceptors (Lipinski definition) is 4. The van der Waals surface area contributed by atoms with Crippen molar-refractivity contribution in [2.45, 2.75) is 43.2 Å². The Morgan fingerprint density at radius 3 is 2.48 bits per heavy atom. The number of halogens is 2. The van der Waals surface area contributed by atoms with Crippen molar-refractivity contribution in [1.29, 1.82) is 0 Å². The molecule has 0 unspecified atom stereocenters. The summed E-state index contributed by atoms with van der Waals surface area (Å²) in [6.45, 7) is 6.27. The summed E-state index contributed by atoms with van der Waals surface area (Å²) >= 11 is 13.9. The van der Waals surface area contributed by atoms with Gasteiger partial charge >= 0.3 is 0 Å². The fraction of sp³-hybridized carbons (Fsp3) is 0.278. The van der Waals surface area contributed by atoms with Crippen molar-refractivity contribution >= 4 is 35.0 Å². The molecule has 0 saturated carbocycles. The largest absolute Gasteiger partial charge is 0.256 e. The second kappa shape index (κ2) is 7.77. The molecule has 0 amide bonds. The lowest BCUT2D eigenvalue weighted by molar-refractivity contribution is 0.489. The first-order valence-electron chi connectivity index (χ1n) is 7.91. The highest BCUT2D eigenvalue weighted by molar-refractivity contribution is 7.99. The van der Waals surface area contributed by atoms with Crippen molar-refractivity contribution < 1.29 is 0 Å². The average molecular weight is 393 g/mol. The molecule has 0 fully saturated rings. The van der Waals surface area contributed by atoms with Crippen LogP contribution in [0.15, 0.2) is 46.7 Å². The second-order valence-electron chi connectivity index (χ2n) is 5.99. The summed E-state index contributed by atoms with van der Waals surface area (Å²) < 4.78 is 2.05. The fourth-order valence-corrected chi connectivity index (χ4v) is 4.46. The van der Waals surface area contributed by atoms with Crippen LogP contribution < -0.4 is 0 Å². The molecule has 0 N–H and O–H groups in total. The maximum atomic E-state index is 6.16. The van der Waals surface area contributed by atoms with Gasteiger partial charge in [-0.3, -0.25) is 4.68 Å². The predicted octanol–water partition coefficient (Wildman–Crippen LogP) is 5.61. The Bertz CT molecular complexity index is 858. The van der Waals surface area contributed by atoms with E-state index in [2.05, 4.69) is 23.8 Å². The zero-order valence-corrected chi connectivity index (χ0v) is 16.5. The number of aryl methyl sites for hydroxylation is 1. The van der Waals surface area contributed by atoms with E-state index in [0.717, 1.165) is 26.9 Å². The number of rotatable bonds is 5. The van der Waals surface area contributed by atoms with E-state index in [9.17, 15) is 0 Å². The summed E-state index contributed by atoms with van der Waals surface area (Å²) in [7, 11) is 0. The van der Waals surface area contributed by atoms with E-state index in [1.807, 2.05) is 29.8 Å². The van der Waals surface area contributed by atoms with Crippen molar-refractivity contribution in [1.82, 2.24) is 19.7 Å². The van der Waals surface area contributed by atoms with Gasteiger partial charge in [0.15, 0.2) is 0 Å². The van der Waals surface area contributed by atoms with Crippen molar-refractivity contribution in [3.63, 3.8) is 0 Å². The smallest absolute Gasteiger partial charge is 0.115 e. The Labute approximate surface area is 161 Å². The van der Waals surface area contributed by atoms with Crippen LogP contribution in [0.5, 0.6) is 0 Å². The molecule has 3 rings (SSSR count). The molecule has 0 radical (unpaired) electrons. The minimum atomic E-state index is 0.245. The van der Waals surface area contributed by atoms with Crippen LogP contribution in [0.3, 0.4) is 0 Å². The number of benzene rings is 1. The third kappa shape index (κ3) is 4.35. The molecule has 25 heavy (non-hydrogen) atoms. The minimum Gasteiger partial charge on any atom is -0.256 e. The molecule has 0 atom stereocenters. The summed E-state index contributed by atoms with van der Waals surface area (Å²) in [6.07, 6.45) is 4.03. The Hall–Kier alpha value is -1.56. The van der Waals surface area contributed by atoms with E-state index in [-0.39, 0.29) is 6.04 Å². The second-order valence-corrected chi connectivity index (χ2v) is 7.93. The van der Waals surface area contributed by atoms with Gasteiger partial charge < -0.3 is 0 Å². The lowest BCUT2D eigenvalue weighted by atomic mass is 10.1.